The Kier molecular flexibility index (Phi) is 4.43. The minimum Gasteiger partial charge on any atom is -0.486 e. The summed E-state index contributed by atoms with van der Waals surface area (Å²) in [6, 6.07) is 10.9. The van der Waals surface area contributed by atoms with Gasteiger partial charge in [-0.25, -0.2) is 4.79 Å². The molecule has 0 fully saturated rings. The van der Waals surface area contributed by atoms with E-state index in [1.54, 1.807) is 6.07 Å². The van der Waals surface area contributed by atoms with Gasteiger partial charge in [0.25, 0.3) is 0 Å². The predicted molar refractivity (Wildman–Crippen MR) is 74.2 cm³/mol. The summed E-state index contributed by atoms with van der Waals surface area (Å²) in [5.41, 5.74) is -0.424. The average molecular weight is 313 g/mol. The van der Waals surface area contributed by atoms with Gasteiger partial charge in [0.1, 0.15) is 11.3 Å². The fraction of sp³-hybridized carbons (Fsp3) is 0.133. The maximum Gasteiger partial charge on any atom is 0.339 e. The van der Waals surface area contributed by atoms with Crippen LogP contribution in [0.1, 0.15) is 15.9 Å². The molecule has 0 aliphatic carbocycles. The zero-order valence-corrected chi connectivity index (χ0v) is 11.5. The lowest BCUT2D eigenvalue weighted by molar-refractivity contribution is -0.0469. The topological polar surface area (TPSA) is 46.5 Å². The minimum absolute atomic E-state index is 0.189. The number of carboxylic acids is 1. The van der Waals surface area contributed by atoms with Crippen molar-refractivity contribution in [2.45, 2.75) is 5.92 Å². The molecule has 110 valence electrons. The van der Waals surface area contributed by atoms with Crippen LogP contribution in [0.15, 0.2) is 48.5 Å². The molecule has 6 heteroatoms. The van der Waals surface area contributed by atoms with E-state index in [9.17, 15) is 13.6 Å². The van der Waals surface area contributed by atoms with E-state index in [0.29, 0.717) is 0 Å². The minimum atomic E-state index is -3.24. The number of benzene rings is 2. The van der Waals surface area contributed by atoms with Crippen molar-refractivity contribution in [3.63, 3.8) is 0 Å². The first kappa shape index (κ1) is 15.3. The highest BCUT2D eigenvalue weighted by molar-refractivity contribution is 6.30. The molecule has 0 amide bonds. The van der Waals surface area contributed by atoms with Gasteiger partial charge in [0.15, 0.2) is 6.61 Å². The van der Waals surface area contributed by atoms with E-state index in [1.165, 1.54) is 42.5 Å². The Morgan fingerprint density at radius 3 is 2.48 bits per heavy atom. The third-order valence-electron chi connectivity index (χ3n) is 2.78. The van der Waals surface area contributed by atoms with Gasteiger partial charge in [-0.3, -0.25) is 0 Å². The quantitative estimate of drug-likeness (QED) is 0.899. The Morgan fingerprint density at radius 1 is 1.19 bits per heavy atom. The Bertz CT molecular complexity index is 645. The highest BCUT2D eigenvalue weighted by atomic mass is 35.5. The van der Waals surface area contributed by atoms with Crippen LogP contribution in [0.5, 0.6) is 5.75 Å². The molecule has 2 rings (SSSR count). The number of hydrogen-bond acceptors (Lipinski definition) is 2. The molecule has 0 aromatic heterocycles. The Hall–Kier alpha value is -2.14. The van der Waals surface area contributed by atoms with Crippen LogP contribution in [0, 0.1) is 0 Å². The molecule has 0 aliphatic rings. The van der Waals surface area contributed by atoms with Gasteiger partial charge in [0, 0.05) is 10.6 Å². The second-order valence-electron chi connectivity index (χ2n) is 4.30. The zero-order valence-electron chi connectivity index (χ0n) is 10.7. The van der Waals surface area contributed by atoms with E-state index in [1.807, 2.05) is 0 Å². The smallest absolute Gasteiger partial charge is 0.339 e. The van der Waals surface area contributed by atoms with Crippen LogP contribution in [0.4, 0.5) is 8.78 Å². The average Bonchev–Trinajstić information content (AvgIpc) is 2.46. The third kappa shape index (κ3) is 3.70. The summed E-state index contributed by atoms with van der Waals surface area (Å²) in [6.45, 7) is -0.975. The summed E-state index contributed by atoms with van der Waals surface area (Å²) in [7, 11) is 0. The first-order valence-electron chi connectivity index (χ1n) is 5.99. The largest absolute Gasteiger partial charge is 0.486 e. The van der Waals surface area contributed by atoms with E-state index >= 15 is 0 Å². The standard InChI is InChI=1S/C15H11ClF2O3/c16-11-6-7-12(14(19)20)13(8-11)21-9-15(17,18)10-4-2-1-3-5-10/h1-8H,9H2,(H,19,20). The van der Waals surface area contributed by atoms with Gasteiger partial charge in [-0.05, 0) is 18.2 Å². The molecule has 0 unspecified atom stereocenters. The third-order valence-corrected chi connectivity index (χ3v) is 3.01. The van der Waals surface area contributed by atoms with Crippen molar-refractivity contribution in [3.8, 4) is 5.75 Å². The SMILES string of the molecule is O=C(O)c1ccc(Cl)cc1OCC(F)(F)c1ccccc1. The molecule has 0 radical (unpaired) electrons. The van der Waals surface area contributed by atoms with Crippen molar-refractivity contribution in [2.24, 2.45) is 0 Å². The van der Waals surface area contributed by atoms with Crippen molar-refractivity contribution in [2.75, 3.05) is 6.61 Å². The number of halogens is 3. The molecule has 0 atom stereocenters. The number of carboxylic acid groups (broad SMARTS) is 1. The monoisotopic (exact) mass is 312 g/mol. The van der Waals surface area contributed by atoms with E-state index in [-0.39, 0.29) is 21.9 Å². The molecule has 21 heavy (non-hydrogen) atoms. The van der Waals surface area contributed by atoms with Gasteiger partial charge >= 0.3 is 11.9 Å². The fourth-order valence-corrected chi connectivity index (χ4v) is 1.89. The van der Waals surface area contributed by atoms with Crippen LogP contribution < -0.4 is 4.74 Å². The van der Waals surface area contributed by atoms with Crippen LogP contribution in [-0.4, -0.2) is 17.7 Å². The van der Waals surface area contributed by atoms with Gasteiger partial charge in [0.2, 0.25) is 0 Å². The summed E-state index contributed by atoms with van der Waals surface area (Å²) in [6.07, 6.45) is 0. The number of alkyl halides is 2. The van der Waals surface area contributed by atoms with Crippen LogP contribution in [0.25, 0.3) is 0 Å². The summed E-state index contributed by atoms with van der Waals surface area (Å²) in [5, 5.41) is 9.20. The second-order valence-corrected chi connectivity index (χ2v) is 4.74. The molecule has 0 heterocycles. The molecule has 0 bridgehead atoms. The van der Waals surface area contributed by atoms with E-state index < -0.39 is 18.5 Å². The Morgan fingerprint density at radius 2 is 1.86 bits per heavy atom. The molecule has 3 nitrogen and oxygen atoms in total. The molecule has 0 aliphatic heterocycles. The van der Waals surface area contributed by atoms with Gasteiger partial charge in [-0.2, -0.15) is 8.78 Å². The summed E-state index contributed by atoms with van der Waals surface area (Å²) in [5.74, 6) is -4.70. The molecular weight excluding hydrogens is 302 g/mol. The highest BCUT2D eigenvalue weighted by Crippen LogP contribution is 2.30. The van der Waals surface area contributed by atoms with Crippen molar-refractivity contribution < 1.29 is 23.4 Å². The van der Waals surface area contributed by atoms with Gasteiger partial charge in [0.05, 0.1) is 0 Å². The van der Waals surface area contributed by atoms with Crippen molar-refractivity contribution in [1.29, 1.82) is 0 Å². The summed E-state index contributed by atoms with van der Waals surface area (Å²) < 4.78 is 32.9. The zero-order chi connectivity index (χ0) is 15.5. The van der Waals surface area contributed by atoms with E-state index in [0.717, 1.165) is 0 Å². The van der Waals surface area contributed by atoms with Gasteiger partial charge in [-0.15, -0.1) is 0 Å². The number of carbonyl (C=O) groups is 1. The van der Waals surface area contributed by atoms with Crippen LogP contribution in [0.2, 0.25) is 5.02 Å². The number of ether oxygens (including phenoxy) is 1. The van der Waals surface area contributed by atoms with Gasteiger partial charge < -0.3 is 9.84 Å². The molecule has 0 saturated carbocycles. The first-order chi connectivity index (χ1) is 9.90. The lowest BCUT2D eigenvalue weighted by Crippen LogP contribution is -2.23. The van der Waals surface area contributed by atoms with Crippen molar-refractivity contribution in [1.82, 2.24) is 0 Å². The second kappa shape index (κ2) is 6.10. The maximum atomic E-state index is 14.0. The van der Waals surface area contributed by atoms with Crippen LogP contribution in [0.3, 0.4) is 0 Å². The first-order valence-corrected chi connectivity index (χ1v) is 6.37. The van der Waals surface area contributed by atoms with Crippen LogP contribution >= 0.6 is 11.6 Å². The summed E-state index contributed by atoms with van der Waals surface area (Å²) >= 11 is 5.73. The number of rotatable bonds is 5. The molecule has 2 aromatic carbocycles. The predicted octanol–water partition coefficient (Wildman–Crippen LogP) is 4.21. The lowest BCUT2D eigenvalue weighted by atomic mass is 10.1. The molecular formula is C15H11ClF2O3. The van der Waals surface area contributed by atoms with E-state index in [4.69, 9.17) is 21.4 Å². The number of hydrogen-bond donors (Lipinski definition) is 1. The van der Waals surface area contributed by atoms with E-state index in [2.05, 4.69) is 0 Å². The highest BCUT2D eigenvalue weighted by Gasteiger charge is 2.33. The molecule has 2 aromatic rings. The number of aromatic carboxylic acids is 1. The Labute approximate surface area is 124 Å². The van der Waals surface area contributed by atoms with Gasteiger partial charge in [-0.1, -0.05) is 41.9 Å². The molecule has 0 saturated heterocycles. The lowest BCUT2D eigenvalue weighted by Gasteiger charge is -2.18. The summed E-state index contributed by atoms with van der Waals surface area (Å²) in [4.78, 5) is 11.0. The maximum absolute atomic E-state index is 14.0. The normalized spacial score (nSPS) is 11.2. The van der Waals surface area contributed by atoms with Crippen molar-refractivity contribution >= 4 is 17.6 Å². The van der Waals surface area contributed by atoms with Crippen molar-refractivity contribution in [3.05, 3.63) is 64.7 Å². The molecule has 1 N–H and O–H groups in total. The fourth-order valence-electron chi connectivity index (χ4n) is 1.73. The molecule has 0 spiro atoms. The Balaban J connectivity index is 2.20. The van der Waals surface area contributed by atoms with Crippen LogP contribution in [-0.2, 0) is 5.92 Å².